The molecule has 0 saturated heterocycles. The van der Waals surface area contributed by atoms with Crippen LogP contribution in [0.15, 0.2) is 72.3 Å². The SMILES string of the molecule is COC(=O)C1=C[C@H]2[C@@H](CO[Si](c3ccccc3)(c3ccccc3)C(C)(C)C)[C@H]2C1. The second-order valence-corrected chi connectivity index (χ2v) is 13.6. The molecule has 4 heteroatoms. The number of benzene rings is 2. The van der Waals surface area contributed by atoms with Crippen LogP contribution in [0.25, 0.3) is 0 Å². The first-order chi connectivity index (χ1) is 13.9. The van der Waals surface area contributed by atoms with E-state index in [9.17, 15) is 4.79 Å². The highest BCUT2D eigenvalue weighted by Gasteiger charge is 2.56. The number of hydrogen-bond donors (Lipinski definition) is 0. The van der Waals surface area contributed by atoms with Crippen molar-refractivity contribution >= 4 is 24.7 Å². The van der Waals surface area contributed by atoms with E-state index >= 15 is 0 Å². The Morgan fingerprint density at radius 3 is 1.97 bits per heavy atom. The molecule has 0 amide bonds. The predicted octanol–water partition coefficient (Wildman–Crippen LogP) is 3.93. The third-order valence-corrected chi connectivity index (χ3v) is 11.6. The van der Waals surface area contributed by atoms with Crippen molar-refractivity contribution in [3.63, 3.8) is 0 Å². The van der Waals surface area contributed by atoms with Gasteiger partial charge in [0.05, 0.1) is 7.11 Å². The Bertz CT molecular complexity index is 859. The number of allylic oxidation sites excluding steroid dienone is 1. The van der Waals surface area contributed by atoms with E-state index in [1.54, 1.807) is 0 Å². The van der Waals surface area contributed by atoms with E-state index < -0.39 is 8.32 Å². The minimum Gasteiger partial charge on any atom is -0.466 e. The average molecular weight is 407 g/mol. The quantitative estimate of drug-likeness (QED) is 0.539. The van der Waals surface area contributed by atoms with Crippen molar-refractivity contribution in [2.75, 3.05) is 13.7 Å². The molecule has 29 heavy (non-hydrogen) atoms. The van der Waals surface area contributed by atoms with E-state index in [1.165, 1.54) is 17.5 Å². The highest BCUT2D eigenvalue weighted by atomic mass is 28.4. The van der Waals surface area contributed by atoms with Crippen LogP contribution in [0, 0.1) is 17.8 Å². The maximum absolute atomic E-state index is 11.8. The third-order valence-electron chi connectivity index (χ3n) is 6.60. The molecule has 2 aliphatic rings. The molecule has 1 saturated carbocycles. The fourth-order valence-corrected chi connectivity index (χ4v) is 9.66. The zero-order valence-electron chi connectivity index (χ0n) is 17.7. The number of rotatable bonds is 6. The Morgan fingerprint density at radius 2 is 1.55 bits per heavy atom. The van der Waals surface area contributed by atoms with Crippen LogP contribution in [0.1, 0.15) is 27.2 Å². The number of esters is 1. The lowest BCUT2D eigenvalue weighted by molar-refractivity contribution is -0.136. The lowest BCUT2D eigenvalue weighted by atomic mass is 10.1. The molecule has 152 valence electrons. The van der Waals surface area contributed by atoms with Crippen LogP contribution < -0.4 is 10.4 Å². The number of ether oxygens (including phenoxy) is 1. The monoisotopic (exact) mass is 406 g/mol. The van der Waals surface area contributed by atoms with Crippen molar-refractivity contribution in [3.05, 3.63) is 72.3 Å². The first-order valence-electron chi connectivity index (χ1n) is 10.4. The van der Waals surface area contributed by atoms with Crippen LogP contribution in [-0.4, -0.2) is 28.0 Å². The first-order valence-corrected chi connectivity index (χ1v) is 12.3. The Balaban J connectivity index is 1.63. The topological polar surface area (TPSA) is 35.5 Å². The summed E-state index contributed by atoms with van der Waals surface area (Å²) in [5.41, 5.74) is 0.837. The Hall–Kier alpha value is -2.17. The van der Waals surface area contributed by atoms with Crippen molar-refractivity contribution in [2.45, 2.75) is 32.2 Å². The summed E-state index contributed by atoms with van der Waals surface area (Å²) in [5.74, 6) is 1.32. The molecule has 0 radical (unpaired) electrons. The summed E-state index contributed by atoms with van der Waals surface area (Å²) >= 11 is 0. The van der Waals surface area contributed by atoms with Gasteiger partial charge in [0.1, 0.15) is 0 Å². The van der Waals surface area contributed by atoms with Gasteiger partial charge in [-0.3, -0.25) is 0 Å². The van der Waals surface area contributed by atoms with Gasteiger partial charge in [-0.15, -0.1) is 0 Å². The van der Waals surface area contributed by atoms with Gasteiger partial charge in [0.25, 0.3) is 8.32 Å². The zero-order valence-corrected chi connectivity index (χ0v) is 18.7. The highest BCUT2D eigenvalue weighted by Crippen LogP contribution is 2.56. The predicted molar refractivity (Wildman–Crippen MR) is 119 cm³/mol. The summed E-state index contributed by atoms with van der Waals surface area (Å²) < 4.78 is 11.9. The highest BCUT2D eigenvalue weighted by molar-refractivity contribution is 6.99. The normalized spacial score (nSPS) is 23.3. The number of hydrogen-bond acceptors (Lipinski definition) is 3. The molecule has 0 spiro atoms. The summed E-state index contributed by atoms with van der Waals surface area (Å²) in [5, 5.41) is 2.62. The van der Waals surface area contributed by atoms with Gasteiger partial charge in [-0.25, -0.2) is 4.79 Å². The van der Waals surface area contributed by atoms with Gasteiger partial charge in [0.2, 0.25) is 0 Å². The van der Waals surface area contributed by atoms with E-state index in [2.05, 4.69) is 87.5 Å². The van der Waals surface area contributed by atoms with E-state index in [0.717, 1.165) is 18.6 Å². The van der Waals surface area contributed by atoms with Crippen molar-refractivity contribution in [1.29, 1.82) is 0 Å². The molecule has 1 fully saturated rings. The molecule has 2 aromatic rings. The summed E-state index contributed by atoms with van der Waals surface area (Å²) in [6.07, 6.45) is 2.95. The molecular formula is C25H30O3Si. The van der Waals surface area contributed by atoms with E-state index in [0.29, 0.717) is 17.8 Å². The van der Waals surface area contributed by atoms with E-state index in [-0.39, 0.29) is 11.0 Å². The van der Waals surface area contributed by atoms with Crippen molar-refractivity contribution < 1.29 is 14.0 Å². The Labute approximate surface area is 174 Å². The van der Waals surface area contributed by atoms with Gasteiger partial charge in [0.15, 0.2) is 0 Å². The molecule has 3 nitrogen and oxygen atoms in total. The summed E-state index contributed by atoms with van der Waals surface area (Å²) in [4.78, 5) is 11.8. The van der Waals surface area contributed by atoms with Crippen molar-refractivity contribution in [3.8, 4) is 0 Å². The van der Waals surface area contributed by atoms with E-state index in [4.69, 9.17) is 9.16 Å². The molecule has 0 unspecified atom stereocenters. The van der Waals surface area contributed by atoms with E-state index in [1.807, 2.05) is 0 Å². The summed E-state index contributed by atoms with van der Waals surface area (Å²) in [6.45, 7) is 7.67. The lowest BCUT2D eigenvalue weighted by Gasteiger charge is -2.43. The summed E-state index contributed by atoms with van der Waals surface area (Å²) in [6, 6.07) is 21.5. The molecule has 0 aromatic heterocycles. The number of carbonyl (C=O) groups excluding carboxylic acids is 1. The molecule has 2 aliphatic carbocycles. The van der Waals surface area contributed by atoms with Crippen LogP contribution >= 0.6 is 0 Å². The fourth-order valence-electron chi connectivity index (χ4n) is 5.06. The van der Waals surface area contributed by atoms with Gasteiger partial charge >= 0.3 is 5.97 Å². The second-order valence-electron chi connectivity index (χ2n) is 9.27. The maximum Gasteiger partial charge on any atom is 0.333 e. The smallest absolute Gasteiger partial charge is 0.333 e. The lowest BCUT2D eigenvalue weighted by Crippen LogP contribution is -2.66. The molecule has 2 aromatic carbocycles. The van der Waals surface area contributed by atoms with Crippen LogP contribution in [0.3, 0.4) is 0 Å². The molecular weight excluding hydrogens is 376 g/mol. The molecule has 0 bridgehead atoms. The third kappa shape index (κ3) is 3.49. The van der Waals surface area contributed by atoms with Gasteiger partial charge in [-0.05, 0) is 39.6 Å². The van der Waals surface area contributed by atoms with Gasteiger partial charge < -0.3 is 9.16 Å². The fraction of sp³-hybridized carbons (Fsp3) is 0.400. The minimum atomic E-state index is -2.48. The number of carbonyl (C=O) groups is 1. The second kappa shape index (κ2) is 7.58. The minimum absolute atomic E-state index is 0.00722. The maximum atomic E-state index is 11.8. The first kappa shape index (κ1) is 20.1. The van der Waals surface area contributed by atoms with Gasteiger partial charge in [-0.1, -0.05) is 87.5 Å². The van der Waals surface area contributed by atoms with Crippen molar-refractivity contribution in [1.82, 2.24) is 0 Å². The largest absolute Gasteiger partial charge is 0.466 e. The Morgan fingerprint density at radius 1 is 1.00 bits per heavy atom. The molecule has 3 atom stereocenters. The average Bonchev–Trinajstić information content (AvgIpc) is 3.17. The molecule has 0 aliphatic heterocycles. The van der Waals surface area contributed by atoms with Gasteiger partial charge in [-0.2, -0.15) is 0 Å². The zero-order chi connectivity index (χ0) is 20.6. The molecule has 0 heterocycles. The van der Waals surface area contributed by atoms with Crippen LogP contribution in [0.4, 0.5) is 0 Å². The summed E-state index contributed by atoms with van der Waals surface area (Å²) in [7, 11) is -1.02. The number of methoxy groups -OCH3 is 1. The van der Waals surface area contributed by atoms with Gasteiger partial charge in [0, 0.05) is 12.2 Å². The molecule has 4 rings (SSSR count). The Kier molecular flexibility index (Phi) is 5.26. The van der Waals surface area contributed by atoms with Crippen molar-refractivity contribution in [2.24, 2.45) is 17.8 Å². The standard InChI is InChI=1S/C25H30O3Si/c1-25(2,3)29(19-11-7-5-8-12-19,20-13-9-6-10-14-20)28-17-23-21-15-18(16-22(21)23)24(26)27-4/h5-15,21-23H,16-17H2,1-4H3/t21-,22+,23-/m1/s1. The van der Waals surface area contributed by atoms with Crippen LogP contribution in [0.5, 0.6) is 0 Å². The molecule has 0 N–H and O–H groups in total. The van der Waals surface area contributed by atoms with Crippen LogP contribution in [0.2, 0.25) is 5.04 Å². The number of fused-ring (bicyclic) bond motifs is 1. The van der Waals surface area contributed by atoms with Crippen LogP contribution in [-0.2, 0) is 14.0 Å².